The van der Waals surface area contributed by atoms with Crippen LogP contribution in [0.4, 0.5) is 4.39 Å². The van der Waals surface area contributed by atoms with E-state index in [9.17, 15) is 14.4 Å². The zero-order valence-electron chi connectivity index (χ0n) is 17.1. The molecule has 0 saturated heterocycles. The van der Waals surface area contributed by atoms with Crippen molar-refractivity contribution in [1.29, 1.82) is 5.26 Å². The molecule has 31 heavy (non-hydrogen) atoms. The monoisotopic (exact) mass is 437 g/mol. The van der Waals surface area contributed by atoms with E-state index in [4.69, 9.17) is 21.1 Å². The van der Waals surface area contributed by atoms with Crippen molar-refractivity contribution in [2.45, 2.75) is 25.9 Å². The van der Waals surface area contributed by atoms with E-state index >= 15 is 0 Å². The Morgan fingerprint density at radius 1 is 1.00 bits per heavy atom. The Balaban J connectivity index is 1.83. The maximum Gasteiger partial charge on any atom is 0.315 e. The number of nitriles is 1. The van der Waals surface area contributed by atoms with Crippen molar-refractivity contribution in [3.8, 4) is 17.6 Å². The van der Waals surface area contributed by atoms with Crippen LogP contribution in [0.25, 0.3) is 0 Å². The summed E-state index contributed by atoms with van der Waals surface area (Å²) in [5, 5.41) is 10.2. The highest BCUT2D eigenvalue weighted by Crippen LogP contribution is 2.32. The van der Waals surface area contributed by atoms with Crippen LogP contribution in [0.5, 0.6) is 11.5 Å². The minimum atomic E-state index is -1.21. The fraction of sp³-hybridized carbons (Fsp3) is 0.200. The van der Waals surface area contributed by atoms with Gasteiger partial charge >= 0.3 is 5.97 Å². The molecule has 0 aliphatic rings. The van der Waals surface area contributed by atoms with Crippen molar-refractivity contribution in [2.24, 2.45) is 5.92 Å². The number of esters is 1. The zero-order valence-corrected chi connectivity index (χ0v) is 17.8. The Bertz CT molecular complexity index is 1080. The summed E-state index contributed by atoms with van der Waals surface area (Å²) in [6.07, 6.45) is -1.21. The van der Waals surface area contributed by atoms with E-state index in [0.29, 0.717) is 16.3 Å². The van der Waals surface area contributed by atoms with E-state index in [1.807, 2.05) is 26.0 Å². The first-order valence-corrected chi connectivity index (χ1v) is 10.1. The van der Waals surface area contributed by atoms with Crippen molar-refractivity contribution in [3.63, 3.8) is 0 Å². The fourth-order valence-corrected chi connectivity index (χ4v) is 3.32. The molecule has 2 atom stereocenters. The molecule has 0 aromatic heterocycles. The Morgan fingerprint density at radius 2 is 1.65 bits per heavy atom. The van der Waals surface area contributed by atoms with Gasteiger partial charge in [-0.3, -0.25) is 4.79 Å². The van der Waals surface area contributed by atoms with Gasteiger partial charge in [-0.1, -0.05) is 61.8 Å². The van der Waals surface area contributed by atoms with Gasteiger partial charge < -0.3 is 9.47 Å². The average molecular weight is 438 g/mol. The standard InChI is InChI=1S/C25H21ClFNO3/c1-16(2)24(17-8-11-19(26)12-9-17)25(29)31-23(15-28)18-10-13-21(27)22(14-18)30-20-6-4-3-5-7-20/h3-14,16,23-24H,1-2H3. The molecule has 0 spiro atoms. The number of hydrogen-bond acceptors (Lipinski definition) is 4. The molecule has 0 heterocycles. The molecule has 0 amide bonds. The zero-order chi connectivity index (χ0) is 22.4. The summed E-state index contributed by atoms with van der Waals surface area (Å²) in [4.78, 5) is 12.9. The molecule has 0 radical (unpaired) electrons. The van der Waals surface area contributed by atoms with Gasteiger partial charge in [0.2, 0.25) is 6.10 Å². The number of ether oxygens (including phenoxy) is 2. The van der Waals surface area contributed by atoms with Gasteiger partial charge in [0, 0.05) is 10.6 Å². The van der Waals surface area contributed by atoms with Crippen LogP contribution in [-0.4, -0.2) is 5.97 Å². The van der Waals surface area contributed by atoms with Crippen LogP contribution in [0.1, 0.15) is 37.0 Å². The summed E-state index contributed by atoms with van der Waals surface area (Å²) in [5.41, 5.74) is 1.06. The van der Waals surface area contributed by atoms with Crippen LogP contribution in [0.3, 0.4) is 0 Å². The minimum Gasteiger partial charge on any atom is -0.454 e. The Morgan fingerprint density at radius 3 is 2.26 bits per heavy atom. The normalized spacial score (nSPS) is 12.6. The van der Waals surface area contributed by atoms with E-state index < -0.39 is 23.8 Å². The van der Waals surface area contributed by atoms with Gasteiger partial charge in [0.05, 0.1) is 5.92 Å². The third kappa shape index (κ3) is 5.62. The second kappa shape index (κ2) is 10.1. The van der Waals surface area contributed by atoms with Gasteiger partial charge in [-0.15, -0.1) is 0 Å². The maximum atomic E-state index is 14.2. The summed E-state index contributed by atoms with van der Waals surface area (Å²) in [6, 6.07) is 21.6. The van der Waals surface area contributed by atoms with Crippen LogP contribution < -0.4 is 4.74 Å². The largest absolute Gasteiger partial charge is 0.454 e. The molecule has 0 saturated carbocycles. The van der Waals surface area contributed by atoms with Gasteiger partial charge in [-0.25, -0.2) is 4.39 Å². The highest BCUT2D eigenvalue weighted by molar-refractivity contribution is 6.30. The van der Waals surface area contributed by atoms with Crippen LogP contribution in [0, 0.1) is 23.1 Å². The summed E-state index contributed by atoms with van der Waals surface area (Å²) < 4.78 is 25.4. The number of para-hydroxylation sites is 1. The number of hydrogen-bond donors (Lipinski definition) is 0. The third-order valence-electron chi connectivity index (χ3n) is 4.73. The summed E-state index contributed by atoms with van der Waals surface area (Å²) in [7, 11) is 0. The molecule has 158 valence electrons. The number of carbonyl (C=O) groups excluding carboxylic acids is 1. The van der Waals surface area contributed by atoms with Crippen molar-refractivity contribution in [2.75, 3.05) is 0 Å². The molecular weight excluding hydrogens is 417 g/mol. The summed E-state index contributed by atoms with van der Waals surface area (Å²) in [6.45, 7) is 3.79. The van der Waals surface area contributed by atoms with Crippen molar-refractivity contribution in [3.05, 3.63) is 94.8 Å². The lowest BCUT2D eigenvalue weighted by Gasteiger charge is -2.22. The molecular formula is C25H21ClFNO3. The van der Waals surface area contributed by atoms with Gasteiger partial charge in [-0.05, 0) is 47.9 Å². The lowest BCUT2D eigenvalue weighted by Crippen LogP contribution is -2.22. The maximum absolute atomic E-state index is 14.2. The quantitative estimate of drug-likeness (QED) is 0.380. The second-order valence-corrected chi connectivity index (χ2v) is 7.76. The number of carbonyl (C=O) groups is 1. The SMILES string of the molecule is CC(C)C(C(=O)OC(C#N)c1ccc(F)c(Oc2ccccc2)c1)c1ccc(Cl)cc1. The molecule has 4 nitrogen and oxygen atoms in total. The predicted octanol–water partition coefficient (Wildman–Crippen LogP) is 6.82. The lowest BCUT2D eigenvalue weighted by atomic mass is 9.88. The van der Waals surface area contributed by atoms with Crippen molar-refractivity contribution < 1.29 is 18.7 Å². The van der Waals surface area contributed by atoms with E-state index in [-0.39, 0.29) is 11.7 Å². The van der Waals surface area contributed by atoms with Crippen LogP contribution in [-0.2, 0) is 9.53 Å². The Labute approximate surface area is 185 Å². The number of rotatable bonds is 7. The molecule has 0 aliphatic carbocycles. The van der Waals surface area contributed by atoms with Gasteiger partial charge in [0.25, 0.3) is 0 Å². The number of benzene rings is 3. The summed E-state index contributed by atoms with van der Waals surface area (Å²) >= 11 is 5.95. The van der Waals surface area contributed by atoms with E-state index in [2.05, 4.69) is 0 Å². The Hall–Kier alpha value is -3.36. The topological polar surface area (TPSA) is 59.3 Å². The average Bonchev–Trinajstić information content (AvgIpc) is 2.76. The molecule has 3 rings (SSSR count). The van der Waals surface area contributed by atoms with Gasteiger partial charge in [0.15, 0.2) is 11.6 Å². The van der Waals surface area contributed by atoms with Crippen molar-refractivity contribution >= 4 is 17.6 Å². The second-order valence-electron chi connectivity index (χ2n) is 7.32. The van der Waals surface area contributed by atoms with E-state index in [1.165, 1.54) is 18.2 Å². The molecule has 3 aromatic rings. The molecule has 0 fully saturated rings. The minimum absolute atomic E-state index is 0.0573. The lowest BCUT2D eigenvalue weighted by molar-refractivity contribution is -0.150. The first-order chi connectivity index (χ1) is 14.9. The number of halogens is 2. The molecule has 3 aromatic carbocycles. The molecule has 0 bridgehead atoms. The number of nitrogens with zero attached hydrogens (tertiary/aromatic N) is 1. The van der Waals surface area contributed by atoms with Crippen LogP contribution in [0.2, 0.25) is 5.02 Å². The van der Waals surface area contributed by atoms with Gasteiger partial charge in [0.1, 0.15) is 11.8 Å². The predicted molar refractivity (Wildman–Crippen MR) is 116 cm³/mol. The molecule has 0 N–H and O–H groups in total. The fourth-order valence-electron chi connectivity index (χ4n) is 3.20. The third-order valence-corrected chi connectivity index (χ3v) is 4.98. The summed E-state index contributed by atoms with van der Waals surface area (Å²) in [5.74, 6) is -1.38. The smallest absolute Gasteiger partial charge is 0.315 e. The highest BCUT2D eigenvalue weighted by atomic mass is 35.5. The first-order valence-electron chi connectivity index (χ1n) is 9.77. The Kier molecular flexibility index (Phi) is 7.28. The molecule has 6 heteroatoms. The molecule has 0 aliphatic heterocycles. The van der Waals surface area contributed by atoms with E-state index in [1.54, 1.807) is 48.5 Å². The van der Waals surface area contributed by atoms with Crippen LogP contribution >= 0.6 is 11.6 Å². The first kappa shape index (κ1) is 22.3. The van der Waals surface area contributed by atoms with Gasteiger partial charge in [-0.2, -0.15) is 5.26 Å². The van der Waals surface area contributed by atoms with Crippen LogP contribution in [0.15, 0.2) is 72.8 Å². The van der Waals surface area contributed by atoms with E-state index in [0.717, 1.165) is 5.56 Å². The van der Waals surface area contributed by atoms with Crippen molar-refractivity contribution in [1.82, 2.24) is 0 Å². The highest BCUT2D eigenvalue weighted by Gasteiger charge is 2.29. The molecule has 2 unspecified atom stereocenters.